The highest BCUT2D eigenvalue weighted by Crippen LogP contribution is 2.14. The molecule has 0 rings (SSSR count). The Bertz CT molecular complexity index is 850. The van der Waals surface area contributed by atoms with Gasteiger partial charge in [-0.2, -0.15) is 0 Å². The number of amides is 1. The lowest BCUT2D eigenvalue weighted by Gasteiger charge is -2.26. The number of rotatable bonds is 40. The molecule has 5 heteroatoms. The van der Waals surface area contributed by atoms with Crippen molar-refractivity contribution >= 4 is 5.91 Å². The number of carbonyl (C=O) groups is 1. The van der Waals surface area contributed by atoms with E-state index in [1.165, 1.54) is 135 Å². The fourth-order valence-corrected chi connectivity index (χ4v) is 6.62. The Morgan fingerprint density at radius 3 is 1.29 bits per heavy atom. The number of allylic oxidation sites excluding steroid dienone is 8. The largest absolute Gasteiger partial charge is 0.394 e. The van der Waals surface area contributed by atoms with Gasteiger partial charge in [-0.25, -0.2) is 0 Å². The molecule has 0 aliphatic heterocycles. The maximum absolute atomic E-state index is 12.4. The smallest absolute Gasteiger partial charge is 0.220 e. The van der Waals surface area contributed by atoms with Crippen LogP contribution in [0, 0.1) is 0 Å². The molecule has 0 aromatic heterocycles. The summed E-state index contributed by atoms with van der Waals surface area (Å²) in [6.07, 6.45) is 53.6. The topological polar surface area (TPSA) is 89.8 Å². The molecule has 0 aromatic rings. The van der Waals surface area contributed by atoms with Gasteiger partial charge >= 0.3 is 0 Å². The highest BCUT2D eigenvalue weighted by Gasteiger charge is 2.26. The van der Waals surface area contributed by atoms with Gasteiger partial charge in [0.25, 0.3) is 0 Å². The minimum Gasteiger partial charge on any atom is -0.394 e. The number of nitrogens with one attached hydrogen (secondary N) is 1. The van der Waals surface area contributed by atoms with Gasteiger partial charge in [0, 0.05) is 6.42 Å². The number of hydrogen-bond donors (Lipinski definition) is 4. The molecular formula is C47H87NO4. The maximum Gasteiger partial charge on any atom is 0.220 e. The Morgan fingerprint density at radius 2 is 0.846 bits per heavy atom. The molecule has 4 N–H and O–H groups in total. The predicted molar refractivity (Wildman–Crippen MR) is 227 cm³/mol. The molecule has 0 radical (unpaired) electrons. The van der Waals surface area contributed by atoms with Crippen molar-refractivity contribution < 1.29 is 20.1 Å². The molecule has 304 valence electrons. The third-order valence-corrected chi connectivity index (χ3v) is 10.1. The van der Waals surface area contributed by atoms with Gasteiger partial charge in [0.1, 0.15) is 6.10 Å². The van der Waals surface area contributed by atoms with Crippen LogP contribution in [0.25, 0.3) is 0 Å². The lowest BCUT2D eigenvalue weighted by molar-refractivity contribution is -0.124. The van der Waals surface area contributed by atoms with Crippen molar-refractivity contribution in [2.75, 3.05) is 6.61 Å². The van der Waals surface area contributed by atoms with Crippen LogP contribution in [0.5, 0.6) is 0 Å². The first-order chi connectivity index (χ1) is 25.6. The molecule has 0 spiro atoms. The number of carbonyl (C=O) groups excluding carboxylic acids is 1. The number of hydrogen-bond acceptors (Lipinski definition) is 4. The molecule has 0 aliphatic rings. The highest BCUT2D eigenvalue weighted by atomic mass is 16.3. The molecule has 0 heterocycles. The molecule has 0 aliphatic carbocycles. The SMILES string of the molecule is CCCCCCCC/C=C/CC/C=C/CCCC(O)C(O)C(CO)NC(=O)CCCCCCCCC/C=C\C/C=C\CCCCCCCCCCC. The monoisotopic (exact) mass is 730 g/mol. The van der Waals surface area contributed by atoms with Gasteiger partial charge in [-0.05, 0) is 83.5 Å². The van der Waals surface area contributed by atoms with Gasteiger partial charge in [0.2, 0.25) is 5.91 Å². The van der Waals surface area contributed by atoms with E-state index < -0.39 is 18.2 Å². The van der Waals surface area contributed by atoms with Crippen LogP contribution in [-0.2, 0) is 4.79 Å². The summed E-state index contributed by atoms with van der Waals surface area (Å²) in [5, 5.41) is 33.5. The fraction of sp³-hybridized carbons (Fsp3) is 0.809. The second kappa shape index (κ2) is 42.1. The Balaban J connectivity index is 3.70. The summed E-state index contributed by atoms with van der Waals surface area (Å²) in [6, 6.07) is -0.837. The van der Waals surface area contributed by atoms with Gasteiger partial charge in [0.05, 0.1) is 18.8 Å². The standard InChI is InChI=1S/C47H87NO4/c1-3-5-7-9-11-13-15-17-19-20-21-22-23-24-25-26-28-30-32-34-36-38-40-42-46(51)48-44(43-49)47(52)45(50)41-39-37-35-33-31-29-27-18-16-14-12-10-8-6-4-2/h18,21-22,24-25,27,33,35,44-45,47,49-50,52H,3-17,19-20,23,26,28-32,34,36-43H2,1-2H3,(H,48,51)/b22-21-,25-24-,27-18+,35-33+. The quantitative estimate of drug-likeness (QED) is 0.0373. The van der Waals surface area contributed by atoms with E-state index in [0.717, 1.165) is 57.8 Å². The van der Waals surface area contributed by atoms with Crippen molar-refractivity contribution in [2.24, 2.45) is 0 Å². The van der Waals surface area contributed by atoms with Crippen LogP contribution >= 0.6 is 0 Å². The third kappa shape index (κ3) is 36.7. The summed E-state index contributed by atoms with van der Waals surface area (Å²) < 4.78 is 0. The number of aliphatic hydroxyl groups excluding tert-OH is 3. The lowest BCUT2D eigenvalue weighted by Crippen LogP contribution is -2.50. The van der Waals surface area contributed by atoms with Crippen LogP contribution in [-0.4, -0.2) is 46.1 Å². The minimum absolute atomic E-state index is 0.167. The van der Waals surface area contributed by atoms with Crippen LogP contribution in [0.3, 0.4) is 0 Å². The second-order valence-electron chi connectivity index (χ2n) is 15.2. The Kier molecular flexibility index (Phi) is 40.7. The van der Waals surface area contributed by atoms with Crippen molar-refractivity contribution in [2.45, 2.75) is 238 Å². The summed E-state index contributed by atoms with van der Waals surface area (Å²) in [5.74, 6) is -0.167. The summed E-state index contributed by atoms with van der Waals surface area (Å²) in [4.78, 5) is 12.4. The Hall–Kier alpha value is -1.69. The van der Waals surface area contributed by atoms with Gasteiger partial charge in [-0.3, -0.25) is 4.79 Å². The van der Waals surface area contributed by atoms with Crippen LogP contribution < -0.4 is 5.32 Å². The molecule has 0 aromatic carbocycles. The summed E-state index contributed by atoms with van der Waals surface area (Å²) in [5.41, 5.74) is 0. The van der Waals surface area contributed by atoms with E-state index in [2.05, 4.69) is 67.8 Å². The van der Waals surface area contributed by atoms with E-state index in [1.54, 1.807) is 0 Å². The second-order valence-corrected chi connectivity index (χ2v) is 15.2. The van der Waals surface area contributed by atoms with E-state index >= 15 is 0 Å². The molecule has 0 saturated carbocycles. The third-order valence-electron chi connectivity index (χ3n) is 10.1. The van der Waals surface area contributed by atoms with Crippen molar-refractivity contribution in [3.8, 4) is 0 Å². The van der Waals surface area contributed by atoms with Crippen molar-refractivity contribution in [3.05, 3.63) is 48.6 Å². The molecule has 3 unspecified atom stereocenters. The average Bonchev–Trinajstić information content (AvgIpc) is 3.15. The zero-order valence-electron chi connectivity index (χ0n) is 34.4. The number of unbranched alkanes of at least 4 members (excludes halogenated alkanes) is 24. The van der Waals surface area contributed by atoms with E-state index in [1.807, 2.05) is 0 Å². The van der Waals surface area contributed by atoms with Crippen LogP contribution in [0.15, 0.2) is 48.6 Å². The predicted octanol–water partition coefficient (Wildman–Crippen LogP) is 12.9. The van der Waals surface area contributed by atoms with Gasteiger partial charge in [0.15, 0.2) is 0 Å². The molecule has 0 bridgehead atoms. The van der Waals surface area contributed by atoms with Crippen LogP contribution in [0.2, 0.25) is 0 Å². The summed E-state index contributed by atoms with van der Waals surface area (Å²) >= 11 is 0. The molecular weight excluding hydrogens is 643 g/mol. The summed E-state index contributed by atoms with van der Waals surface area (Å²) in [6.45, 7) is 4.15. The maximum atomic E-state index is 12.4. The fourth-order valence-electron chi connectivity index (χ4n) is 6.62. The van der Waals surface area contributed by atoms with Crippen molar-refractivity contribution in [1.82, 2.24) is 5.32 Å². The number of aliphatic hydroxyl groups is 3. The zero-order chi connectivity index (χ0) is 38.0. The van der Waals surface area contributed by atoms with E-state index in [9.17, 15) is 20.1 Å². The minimum atomic E-state index is -1.17. The average molecular weight is 730 g/mol. The molecule has 0 saturated heterocycles. The van der Waals surface area contributed by atoms with Crippen molar-refractivity contribution in [1.29, 1.82) is 0 Å². The highest BCUT2D eigenvalue weighted by molar-refractivity contribution is 5.76. The van der Waals surface area contributed by atoms with Gasteiger partial charge < -0.3 is 20.6 Å². The lowest BCUT2D eigenvalue weighted by atomic mass is 10.0. The van der Waals surface area contributed by atoms with Gasteiger partial charge in [-0.15, -0.1) is 0 Å². The normalized spacial score (nSPS) is 14.0. The molecule has 5 nitrogen and oxygen atoms in total. The molecule has 1 amide bonds. The van der Waals surface area contributed by atoms with Gasteiger partial charge in [-0.1, -0.05) is 178 Å². The Labute approximate surface area is 323 Å². The van der Waals surface area contributed by atoms with E-state index in [4.69, 9.17) is 0 Å². The van der Waals surface area contributed by atoms with Crippen LogP contribution in [0.4, 0.5) is 0 Å². The first kappa shape index (κ1) is 50.3. The Morgan fingerprint density at radius 1 is 0.481 bits per heavy atom. The molecule has 0 fully saturated rings. The van der Waals surface area contributed by atoms with E-state index in [0.29, 0.717) is 12.8 Å². The van der Waals surface area contributed by atoms with Crippen molar-refractivity contribution in [3.63, 3.8) is 0 Å². The summed E-state index contributed by atoms with van der Waals surface area (Å²) in [7, 11) is 0. The molecule has 3 atom stereocenters. The zero-order valence-corrected chi connectivity index (χ0v) is 34.4. The first-order valence-corrected chi connectivity index (χ1v) is 22.4. The molecule has 52 heavy (non-hydrogen) atoms. The van der Waals surface area contributed by atoms with Crippen LogP contribution in [0.1, 0.15) is 219 Å². The van der Waals surface area contributed by atoms with E-state index in [-0.39, 0.29) is 12.5 Å². The first-order valence-electron chi connectivity index (χ1n) is 22.4.